The number of allylic oxidation sites excluding steroid dienone is 1. The van der Waals surface area contributed by atoms with Gasteiger partial charge in [0.25, 0.3) is 0 Å². The van der Waals surface area contributed by atoms with E-state index in [0.717, 1.165) is 36.8 Å². The van der Waals surface area contributed by atoms with Crippen molar-refractivity contribution in [3.05, 3.63) is 23.3 Å². The van der Waals surface area contributed by atoms with Crippen LogP contribution in [0.25, 0.3) is 0 Å². The Morgan fingerprint density at radius 3 is 2.79 bits per heavy atom. The van der Waals surface area contributed by atoms with E-state index in [1.807, 2.05) is 6.92 Å². The fourth-order valence-electron chi connectivity index (χ4n) is 3.82. The number of carbonyl (C=O) groups is 1. The summed E-state index contributed by atoms with van der Waals surface area (Å²) < 4.78 is 0. The number of aryl methyl sites for hydroxylation is 1. The van der Waals surface area contributed by atoms with Crippen molar-refractivity contribution in [1.82, 2.24) is 20.5 Å². The summed E-state index contributed by atoms with van der Waals surface area (Å²) in [6.45, 7) is 4.66. The first-order valence-electron chi connectivity index (χ1n) is 9.05. The molecular formula is C18H28N4O2. The van der Waals surface area contributed by atoms with Crippen LogP contribution in [-0.4, -0.2) is 38.8 Å². The predicted octanol–water partition coefficient (Wildman–Crippen LogP) is 2.22. The van der Waals surface area contributed by atoms with Crippen LogP contribution in [0.2, 0.25) is 0 Å². The molecule has 2 aliphatic rings. The Balaban J connectivity index is 1.48. The molecule has 0 saturated heterocycles. The van der Waals surface area contributed by atoms with Gasteiger partial charge in [0, 0.05) is 24.5 Å². The van der Waals surface area contributed by atoms with Crippen molar-refractivity contribution in [3.63, 3.8) is 0 Å². The first-order chi connectivity index (χ1) is 11.5. The first kappa shape index (κ1) is 17.1. The molecule has 1 amide bonds. The molecule has 1 heterocycles. The van der Waals surface area contributed by atoms with Gasteiger partial charge in [-0.15, -0.1) is 0 Å². The Morgan fingerprint density at radius 2 is 2.12 bits per heavy atom. The summed E-state index contributed by atoms with van der Waals surface area (Å²) in [5.74, 6) is 2.56. The standard InChI is InChI=1S/C18H28N4O2/c1-11-3-5-13(6-4-11)7-17(24)19-10-15-8-14(9-16(15)23)18-20-12(2)21-22-18/h7,11,14-16,23H,3-6,8-10H2,1-2H3,(H,19,24)(H,20,21,22)/t11?,14-,15+,16+/m0/s1. The van der Waals surface area contributed by atoms with E-state index < -0.39 is 6.10 Å². The Hall–Kier alpha value is -1.69. The minimum Gasteiger partial charge on any atom is -0.393 e. The highest BCUT2D eigenvalue weighted by Crippen LogP contribution is 2.36. The van der Waals surface area contributed by atoms with Gasteiger partial charge < -0.3 is 10.4 Å². The minimum atomic E-state index is -0.405. The van der Waals surface area contributed by atoms with Crippen LogP contribution in [0.3, 0.4) is 0 Å². The second-order valence-electron chi connectivity index (χ2n) is 7.51. The van der Waals surface area contributed by atoms with Gasteiger partial charge in [0.05, 0.1) is 6.10 Å². The van der Waals surface area contributed by atoms with Crippen molar-refractivity contribution in [1.29, 1.82) is 0 Å². The second kappa shape index (κ2) is 7.47. The van der Waals surface area contributed by atoms with Crippen LogP contribution in [0.15, 0.2) is 11.6 Å². The van der Waals surface area contributed by atoms with E-state index in [9.17, 15) is 9.90 Å². The summed E-state index contributed by atoms with van der Waals surface area (Å²) in [6, 6.07) is 0. The molecule has 24 heavy (non-hydrogen) atoms. The van der Waals surface area contributed by atoms with E-state index in [0.29, 0.717) is 13.0 Å². The van der Waals surface area contributed by atoms with Gasteiger partial charge >= 0.3 is 0 Å². The monoisotopic (exact) mass is 332 g/mol. The highest BCUT2D eigenvalue weighted by atomic mass is 16.3. The molecule has 132 valence electrons. The molecule has 0 aromatic carbocycles. The van der Waals surface area contributed by atoms with Gasteiger partial charge in [0.2, 0.25) is 5.91 Å². The number of nitrogens with zero attached hydrogens (tertiary/aromatic N) is 2. The number of hydrogen-bond donors (Lipinski definition) is 3. The number of hydrogen-bond acceptors (Lipinski definition) is 4. The Kier molecular flexibility index (Phi) is 5.33. The van der Waals surface area contributed by atoms with Gasteiger partial charge in [-0.25, -0.2) is 4.98 Å². The van der Waals surface area contributed by atoms with E-state index in [-0.39, 0.29) is 17.7 Å². The molecule has 3 rings (SSSR count). The van der Waals surface area contributed by atoms with Crippen LogP contribution in [0.5, 0.6) is 0 Å². The molecule has 2 aliphatic carbocycles. The molecule has 0 bridgehead atoms. The molecule has 2 saturated carbocycles. The van der Waals surface area contributed by atoms with Gasteiger partial charge in [-0.3, -0.25) is 9.89 Å². The zero-order valence-corrected chi connectivity index (χ0v) is 14.6. The number of aliphatic hydroxyl groups excluding tert-OH is 1. The summed E-state index contributed by atoms with van der Waals surface area (Å²) >= 11 is 0. The number of carbonyl (C=O) groups excluding carboxylic acids is 1. The number of H-pyrrole nitrogens is 1. The zero-order valence-electron chi connectivity index (χ0n) is 14.6. The highest BCUT2D eigenvalue weighted by Gasteiger charge is 2.35. The van der Waals surface area contributed by atoms with Gasteiger partial charge in [0.15, 0.2) is 5.82 Å². The third-order valence-corrected chi connectivity index (χ3v) is 5.43. The number of aromatic amines is 1. The maximum Gasteiger partial charge on any atom is 0.243 e. The van der Waals surface area contributed by atoms with E-state index in [1.165, 1.54) is 18.4 Å². The molecular weight excluding hydrogens is 304 g/mol. The van der Waals surface area contributed by atoms with Crippen LogP contribution in [0, 0.1) is 18.8 Å². The lowest BCUT2D eigenvalue weighted by molar-refractivity contribution is -0.116. The number of nitrogens with one attached hydrogen (secondary N) is 2. The molecule has 1 aromatic rings. The van der Waals surface area contributed by atoms with Crippen molar-refractivity contribution in [2.75, 3.05) is 6.54 Å². The van der Waals surface area contributed by atoms with Crippen LogP contribution < -0.4 is 5.32 Å². The van der Waals surface area contributed by atoms with Crippen molar-refractivity contribution < 1.29 is 9.90 Å². The van der Waals surface area contributed by atoms with Gasteiger partial charge in [0.1, 0.15) is 5.82 Å². The summed E-state index contributed by atoms with van der Waals surface area (Å²) in [6.07, 6.45) is 7.26. The first-order valence-corrected chi connectivity index (χ1v) is 9.05. The van der Waals surface area contributed by atoms with Crippen molar-refractivity contribution >= 4 is 5.91 Å². The fourth-order valence-corrected chi connectivity index (χ4v) is 3.82. The third-order valence-electron chi connectivity index (χ3n) is 5.43. The summed E-state index contributed by atoms with van der Waals surface area (Å²) in [5, 5.41) is 20.3. The number of aromatic nitrogens is 3. The smallest absolute Gasteiger partial charge is 0.243 e. The van der Waals surface area contributed by atoms with Crippen LogP contribution in [0.1, 0.15) is 63.0 Å². The maximum atomic E-state index is 12.1. The zero-order chi connectivity index (χ0) is 17.1. The predicted molar refractivity (Wildman–Crippen MR) is 91.3 cm³/mol. The van der Waals surface area contributed by atoms with Crippen LogP contribution in [0.4, 0.5) is 0 Å². The van der Waals surface area contributed by atoms with E-state index in [2.05, 4.69) is 27.4 Å². The largest absolute Gasteiger partial charge is 0.393 e. The second-order valence-corrected chi connectivity index (χ2v) is 7.51. The molecule has 0 spiro atoms. The molecule has 0 radical (unpaired) electrons. The molecule has 2 fully saturated rings. The minimum absolute atomic E-state index is 0.0241. The lowest BCUT2D eigenvalue weighted by Gasteiger charge is -2.20. The lowest BCUT2D eigenvalue weighted by Crippen LogP contribution is -2.31. The van der Waals surface area contributed by atoms with E-state index in [1.54, 1.807) is 6.08 Å². The molecule has 6 nitrogen and oxygen atoms in total. The molecule has 0 aliphatic heterocycles. The molecule has 3 N–H and O–H groups in total. The molecule has 0 unspecified atom stereocenters. The molecule has 1 aromatic heterocycles. The fraction of sp³-hybridized carbons (Fsp3) is 0.722. The molecule has 6 heteroatoms. The van der Waals surface area contributed by atoms with Gasteiger partial charge in [-0.05, 0) is 51.4 Å². The van der Waals surface area contributed by atoms with Gasteiger partial charge in [-0.2, -0.15) is 5.10 Å². The van der Waals surface area contributed by atoms with Crippen molar-refractivity contribution in [2.45, 2.75) is 64.4 Å². The van der Waals surface area contributed by atoms with Crippen molar-refractivity contribution in [2.24, 2.45) is 11.8 Å². The number of rotatable bonds is 4. The van der Waals surface area contributed by atoms with Crippen molar-refractivity contribution in [3.8, 4) is 0 Å². The summed E-state index contributed by atoms with van der Waals surface area (Å²) in [7, 11) is 0. The van der Waals surface area contributed by atoms with Gasteiger partial charge in [-0.1, -0.05) is 12.5 Å². The highest BCUT2D eigenvalue weighted by molar-refractivity contribution is 5.88. The number of aliphatic hydroxyl groups is 1. The maximum absolute atomic E-state index is 12.1. The van der Waals surface area contributed by atoms with Crippen LogP contribution in [-0.2, 0) is 4.79 Å². The Bertz CT molecular complexity index is 600. The van der Waals surface area contributed by atoms with E-state index >= 15 is 0 Å². The van der Waals surface area contributed by atoms with Crippen LogP contribution >= 0.6 is 0 Å². The quantitative estimate of drug-likeness (QED) is 0.737. The summed E-state index contributed by atoms with van der Waals surface area (Å²) in [5.41, 5.74) is 1.26. The number of amides is 1. The topological polar surface area (TPSA) is 90.9 Å². The average molecular weight is 332 g/mol. The van der Waals surface area contributed by atoms with E-state index in [4.69, 9.17) is 0 Å². The Labute approximate surface area is 143 Å². The Morgan fingerprint density at radius 1 is 1.38 bits per heavy atom. The lowest BCUT2D eigenvalue weighted by atomic mass is 9.87. The molecule has 3 atom stereocenters. The third kappa shape index (κ3) is 4.23. The average Bonchev–Trinajstić information content (AvgIpc) is 3.13. The summed E-state index contributed by atoms with van der Waals surface area (Å²) in [4.78, 5) is 16.5. The normalized spacial score (nSPS) is 30.4. The SMILES string of the molecule is Cc1nc([C@H]2C[C@H](CNC(=O)C=C3CCC(C)CC3)[C@H](O)C2)n[nH]1.